The van der Waals surface area contributed by atoms with E-state index in [-0.39, 0.29) is 11.8 Å². The lowest BCUT2D eigenvalue weighted by atomic mass is 10.0. The molecule has 1 unspecified atom stereocenters. The molecule has 7 nitrogen and oxygen atoms in total. The minimum atomic E-state index is -0.695. The van der Waals surface area contributed by atoms with Crippen molar-refractivity contribution >= 4 is 17.4 Å². The topological polar surface area (TPSA) is 85.6 Å². The highest BCUT2D eigenvalue weighted by atomic mass is 16.5. The van der Waals surface area contributed by atoms with E-state index < -0.39 is 12.0 Å². The molecule has 1 amide bonds. The van der Waals surface area contributed by atoms with Gasteiger partial charge in [-0.3, -0.25) is 9.78 Å². The Morgan fingerprint density at radius 1 is 1.35 bits per heavy atom. The molecular formula is C13H16N4O3. The number of nitrogens with one attached hydrogen (secondary N) is 1. The molecule has 0 fully saturated rings. The predicted molar refractivity (Wildman–Crippen MR) is 71.1 cm³/mol. The average Bonchev–Trinajstić information content (AvgIpc) is 2.87. The van der Waals surface area contributed by atoms with Gasteiger partial charge in [0.15, 0.2) is 0 Å². The van der Waals surface area contributed by atoms with Crippen molar-refractivity contribution in [3.05, 3.63) is 30.4 Å². The molecule has 7 heteroatoms. The molecule has 1 N–H and O–H groups in total. The van der Waals surface area contributed by atoms with Crippen molar-refractivity contribution in [2.24, 2.45) is 5.92 Å². The summed E-state index contributed by atoms with van der Waals surface area (Å²) in [5.41, 5.74) is 0.949. The van der Waals surface area contributed by atoms with Crippen LogP contribution in [0.25, 0.3) is 5.52 Å². The molecular weight excluding hydrogens is 260 g/mol. The van der Waals surface area contributed by atoms with Gasteiger partial charge in [0, 0.05) is 12.4 Å². The minimum absolute atomic E-state index is 0.0774. The number of methoxy groups -OCH3 is 1. The standard InChI is InChI=1S/C13H16N4O3/c1-8(2)11(13(19)20-3)16-12(18)9-6-15-17-5-4-14-7-10(9)17/h4-8,11H,1-3H3,(H,16,18). The number of nitrogens with zero attached hydrogens (tertiary/aromatic N) is 3. The fourth-order valence-electron chi connectivity index (χ4n) is 1.85. The first-order valence-electron chi connectivity index (χ1n) is 6.20. The zero-order valence-electron chi connectivity index (χ0n) is 11.5. The third-order valence-electron chi connectivity index (χ3n) is 2.98. The number of esters is 1. The Kier molecular flexibility index (Phi) is 3.97. The first kappa shape index (κ1) is 14.0. The largest absolute Gasteiger partial charge is 0.467 e. The zero-order chi connectivity index (χ0) is 14.7. The zero-order valence-corrected chi connectivity index (χ0v) is 11.5. The van der Waals surface area contributed by atoms with Gasteiger partial charge in [0.25, 0.3) is 5.91 Å². The van der Waals surface area contributed by atoms with Crippen LogP contribution >= 0.6 is 0 Å². The second-order valence-corrected chi connectivity index (χ2v) is 4.68. The number of amides is 1. The van der Waals surface area contributed by atoms with Gasteiger partial charge in [0.2, 0.25) is 0 Å². The third kappa shape index (κ3) is 2.61. The molecule has 106 valence electrons. The van der Waals surface area contributed by atoms with Crippen LogP contribution in [-0.2, 0) is 9.53 Å². The smallest absolute Gasteiger partial charge is 0.328 e. The summed E-state index contributed by atoms with van der Waals surface area (Å²) in [6.45, 7) is 3.67. The van der Waals surface area contributed by atoms with E-state index in [0.29, 0.717) is 11.1 Å². The van der Waals surface area contributed by atoms with Crippen molar-refractivity contribution in [2.75, 3.05) is 7.11 Å². The first-order valence-corrected chi connectivity index (χ1v) is 6.20. The summed E-state index contributed by atoms with van der Waals surface area (Å²) in [4.78, 5) is 27.9. The molecule has 1 atom stereocenters. The van der Waals surface area contributed by atoms with Gasteiger partial charge in [-0.2, -0.15) is 5.10 Å². The van der Waals surface area contributed by atoms with E-state index >= 15 is 0 Å². The Hall–Kier alpha value is -2.44. The summed E-state index contributed by atoms with van der Waals surface area (Å²) < 4.78 is 6.24. The van der Waals surface area contributed by atoms with Gasteiger partial charge in [-0.1, -0.05) is 13.8 Å². The van der Waals surface area contributed by atoms with Crippen molar-refractivity contribution in [2.45, 2.75) is 19.9 Å². The van der Waals surface area contributed by atoms with Crippen molar-refractivity contribution in [3.63, 3.8) is 0 Å². The Morgan fingerprint density at radius 2 is 2.10 bits per heavy atom. The molecule has 0 aliphatic heterocycles. The Bertz CT molecular complexity index is 635. The number of aromatic nitrogens is 3. The first-order chi connectivity index (χ1) is 9.54. The highest BCUT2D eigenvalue weighted by molar-refractivity contribution is 6.02. The third-order valence-corrected chi connectivity index (χ3v) is 2.98. The van der Waals surface area contributed by atoms with Crippen molar-refractivity contribution in [1.82, 2.24) is 19.9 Å². The van der Waals surface area contributed by atoms with E-state index in [1.54, 1.807) is 23.1 Å². The highest BCUT2D eigenvalue weighted by Gasteiger charge is 2.26. The molecule has 0 spiro atoms. The average molecular weight is 276 g/mol. The second-order valence-electron chi connectivity index (χ2n) is 4.68. The second kappa shape index (κ2) is 5.68. The van der Waals surface area contributed by atoms with E-state index in [1.165, 1.54) is 13.3 Å². The number of fused-ring (bicyclic) bond motifs is 1. The van der Waals surface area contributed by atoms with Gasteiger partial charge in [-0.05, 0) is 5.92 Å². The van der Waals surface area contributed by atoms with E-state index in [4.69, 9.17) is 4.74 Å². The maximum atomic E-state index is 12.3. The Morgan fingerprint density at radius 3 is 2.75 bits per heavy atom. The molecule has 0 saturated heterocycles. The number of hydrogen-bond acceptors (Lipinski definition) is 5. The van der Waals surface area contributed by atoms with Crippen LogP contribution in [0.5, 0.6) is 0 Å². The fourth-order valence-corrected chi connectivity index (χ4v) is 1.85. The number of ether oxygens (including phenoxy) is 1. The van der Waals surface area contributed by atoms with E-state index in [9.17, 15) is 9.59 Å². The number of carbonyl (C=O) groups excluding carboxylic acids is 2. The maximum Gasteiger partial charge on any atom is 0.328 e. The summed E-state index contributed by atoms with van der Waals surface area (Å²) in [7, 11) is 1.29. The molecule has 0 aliphatic carbocycles. The monoisotopic (exact) mass is 276 g/mol. The highest BCUT2D eigenvalue weighted by Crippen LogP contribution is 2.10. The van der Waals surface area contributed by atoms with Gasteiger partial charge in [0.05, 0.1) is 30.6 Å². The van der Waals surface area contributed by atoms with Crippen LogP contribution in [0, 0.1) is 5.92 Å². The van der Waals surface area contributed by atoms with Crippen LogP contribution in [0.15, 0.2) is 24.8 Å². The minimum Gasteiger partial charge on any atom is -0.467 e. The molecule has 0 radical (unpaired) electrons. The van der Waals surface area contributed by atoms with Gasteiger partial charge < -0.3 is 10.1 Å². The van der Waals surface area contributed by atoms with Crippen LogP contribution < -0.4 is 5.32 Å². The number of hydrogen-bond donors (Lipinski definition) is 1. The summed E-state index contributed by atoms with van der Waals surface area (Å²) >= 11 is 0. The number of rotatable bonds is 4. The number of carbonyl (C=O) groups is 2. The van der Waals surface area contributed by atoms with Crippen LogP contribution in [-0.4, -0.2) is 39.6 Å². The molecule has 20 heavy (non-hydrogen) atoms. The maximum absolute atomic E-state index is 12.3. The molecule has 2 rings (SSSR count). The van der Waals surface area contributed by atoms with Crippen molar-refractivity contribution < 1.29 is 14.3 Å². The quantitative estimate of drug-likeness (QED) is 0.829. The molecule has 2 aromatic rings. The summed E-state index contributed by atoms with van der Waals surface area (Å²) in [6.07, 6.45) is 6.21. The Labute approximate surface area is 115 Å². The Balaban J connectivity index is 2.25. The predicted octanol–water partition coefficient (Wildman–Crippen LogP) is 0.657. The molecule has 0 saturated carbocycles. The summed E-state index contributed by atoms with van der Waals surface area (Å²) in [5, 5.41) is 6.72. The lowest BCUT2D eigenvalue weighted by Crippen LogP contribution is -2.45. The van der Waals surface area contributed by atoms with Gasteiger partial charge >= 0.3 is 5.97 Å². The lowest BCUT2D eigenvalue weighted by molar-refractivity contribution is -0.144. The molecule has 0 bridgehead atoms. The SMILES string of the molecule is COC(=O)C(NC(=O)c1cnn2ccncc12)C(C)C. The molecule has 2 aromatic heterocycles. The van der Waals surface area contributed by atoms with E-state index in [1.807, 2.05) is 13.8 Å². The van der Waals surface area contributed by atoms with Gasteiger partial charge in [-0.15, -0.1) is 0 Å². The molecule has 2 heterocycles. The van der Waals surface area contributed by atoms with Crippen LogP contribution in [0.2, 0.25) is 0 Å². The van der Waals surface area contributed by atoms with E-state index in [0.717, 1.165) is 0 Å². The van der Waals surface area contributed by atoms with Crippen molar-refractivity contribution in [1.29, 1.82) is 0 Å². The van der Waals surface area contributed by atoms with Crippen LogP contribution in [0.4, 0.5) is 0 Å². The van der Waals surface area contributed by atoms with Crippen LogP contribution in [0.1, 0.15) is 24.2 Å². The summed E-state index contributed by atoms with van der Waals surface area (Å²) in [6, 6.07) is -0.695. The van der Waals surface area contributed by atoms with Gasteiger partial charge in [0.1, 0.15) is 6.04 Å². The summed E-state index contributed by atoms with van der Waals surface area (Å²) in [5.74, 6) is -0.925. The lowest BCUT2D eigenvalue weighted by Gasteiger charge is -2.19. The fraction of sp³-hybridized carbons (Fsp3) is 0.385. The molecule has 0 aromatic carbocycles. The van der Waals surface area contributed by atoms with Gasteiger partial charge in [-0.25, -0.2) is 9.31 Å². The van der Waals surface area contributed by atoms with Crippen LogP contribution in [0.3, 0.4) is 0 Å². The molecule has 0 aliphatic rings. The van der Waals surface area contributed by atoms with Crippen molar-refractivity contribution in [3.8, 4) is 0 Å². The normalized spacial score (nSPS) is 12.4. The van der Waals surface area contributed by atoms with E-state index in [2.05, 4.69) is 15.4 Å².